The summed E-state index contributed by atoms with van der Waals surface area (Å²) in [5.74, 6) is 0.122. The van der Waals surface area contributed by atoms with Crippen molar-refractivity contribution in [1.29, 1.82) is 0 Å². The lowest BCUT2D eigenvalue weighted by atomic mass is 10.1. The Bertz CT molecular complexity index is 467. The number of hydrogen-bond donors (Lipinski definition) is 2. The van der Waals surface area contributed by atoms with Crippen LogP contribution in [-0.4, -0.2) is 36.5 Å². The van der Waals surface area contributed by atoms with Gasteiger partial charge in [-0.1, -0.05) is 24.3 Å². The molecule has 0 unspecified atom stereocenters. The van der Waals surface area contributed by atoms with Crippen molar-refractivity contribution in [3.05, 3.63) is 35.4 Å². The van der Waals surface area contributed by atoms with Gasteiger partial charge in [-0.15, -0.1) is 0 Å². The molecule has 0 radical (unpaired) electrons. The first-order valence-electron chi connectivity index (χ1n) is 7.85. The van der Waals surface area contributed by atoms with E-state index < -0.39 is 0 Å². The number of rotatable bonds is 6. The third-order valence-corrected chi connectivity index (χ3v) is 4.15. The van der Waals surface area contributed by atoms with Gasteiger partial charge in [-0.3, -0.25) is 9.69 Å². The summed E-state index contributed by atoms with van der Waals surface area (Å²) in [6.45, 7) is 6.88. The van der Waals surface area contributed by atoms with Gasteiger partial charge in [-0.05, 0) is 51.4 Å². The van der Waals surface area contributed by atoms with Crippen LogP contribution in [0.15, 0.2) is 24.3 Å². The first-order chi connectivity index (χ1) is 10.1. The van der Waals surface area contributed by atoms with Gasteiger partial charge in [0.05, 0.1) is 6.04 Å². The zero-order valence-corrected chi connectivity index (χ0v) is 13.4. The molecule has 0 aliphatic carbocycles. The van der Waals surface area contributed by atoms with E-state index in [0.29, 0.717) is 12.6 Å². The van der Waals surface area contributed by atoms with Gasteiger partial charge in [0.15, 0.2) is 0 Å². The van der Waals surface area contributed by atoms with Crippen LogP contribution in [-0.2, 0) is 17.9 Å². The van der Waals surface area contributed by atoms with E-state index in [1.165, 1.54) is 5.56 Å². The molecule has 1 saturated heterocycles. The average Bonchev–Trinajstić information content (AvgIpc) is 2.99. The van der Waals surface area contributed by atoms with Gasteiger partial charge in [0.2, 0.25) is 5.91 Å². The van der Waals surface area contributed by atoms with Crippen molar-refractivity contribution in [3.8, 4) is 0 Å². The van der Waals surface area contributed by atoms with Gasteiger partial charge in [-0.25, -0.2) is 0 Å². The molecule has 116 valence electrons. The minimum atomic E-state index is 0.000238. The molecular formula is C17H27N3O. The number of carbonyl (C=O) groups is 1. The molecule has 1 aromatic carbocycles. The molecule has 4 nitrogen and oxygen atoms in total. The highest BCUT2D eigenvalue weighted by Crippen LogP contribution is 2.10. The number of hydrogen-bond acceptors (Lipinski definition) is 3. The third kappa shape index (κ3) is 4.83. The maximum Gasteiger partial charge on any atom is 0.237 e. The Balaban J connectivity index is 1.87. The Hall–Kier alpha value is -1.39. The molecule has 0 saturated carbocycles. The van der Waals surface area contributed by atoms with Crippen molar-refractivity contribution >= 4 is 5.91 Å². The molecule has 1 amide bonds. The Morgan fingerprint density at radius 2 is 2.19 bits per heavy atom. The van der Waals surface area contributed by atoms with Crippen LogP contribution < -0.4 is 10.6 Å². The summed E-state index contributed by atoms with van der Waals surface area (Å²) in [5.41, 5.74) is 2.45. The van der Waals surface area contributed by atoms with Gasteiger partial charge in [0, 0.05) is 19.1 Å². The van der Waals surface area contributed by atoms with Crippen molar-refractivity contribution in [2.24, 2.45) is 0 Å². The zero-order valence-electron chi connectivity index (χ0n) is 13.4. The van der Waals surface area contributed by atoms with Crippen LogP contribution in [0.2, 0.25) is 0 Å². The van der Waals surface area contributed by atoms with Crippen LogP contribution in [0.25, 0.3) is 0 Å². The topological polar surface area (TPSA) is 44.4 Å². The Kier molecular flexibility index (Phi) is 5.76. The van der Waals surface area contributed by atoms with E-state index in [1.807, 2.05) is 0 Å². The van der Waals surface area contributed by atoms with Crippen LogP contribution in [0, 0.1) is 0 Å². The van der Waals surface area contributed by atoms with Crippen molar-refractivity contribution in [1.82, 2.24) is 15.5 Å². The summed E-state index contributed by atoms with van der Waals surface area (Å²) in [6.07, 6.45) is 2.04. The number of amides is 1. The largest absolute Gasteiger partial charge is 0.351 e. The quantitative estimate of drug-likeness (QED) is 0.840. The van der Waals surface area contributed by atoms with Crippen LogP contribution in [0.4, 0.5) is 0 Å². The lowest BCUT2D eigenvalue weighted by Crippen LogP contribution is -2.40. The van der Waals surface area contributed by atoms with Crippen LogP contribution in [0.5, 0.6) is 0 Å². The van der Waals surface area contributed by atoms with E-state index in [2.05, 4.69) is 60.7 Å². The van der Waals surface area contributed by atoms with Crippen molar-refractivity contribution in [2.45, 2.75) is 51.9 Å². The highest BCUT2D eigenvalue weighted by atomic mass is 16.2. The Morgan fingerprint density at radius 1 is 1.43 bits per heavy atom. The normalized spacial score (nSPS) is 18.4. The molecule has 0 bridgehead atoms. The molecule has 1 aliphatic rings. The number of carbonyl (C=O) groups excluding carboxylic acids is 1. The maximum atomic E-state index is 12.0. The molecule has 1 atom stereocenters. The minimum absolute atomic E-state index is 0.000238. The molecule has 1 aliphatic heterocycles. The molecule has 2 rings (SSSR count). The summed E-state index contributed by atoms with van der Waals surface area (Å²) in [7, 11) is 2.13. The highest BCUT2D eigenvalue weighted by molar-refractivity contribution is 5.81. The van der Waals surface area contributed by atoms with Gasteiger partial charge in [0.1, 0.15) is 0 Å². The minimum Gasteiger partial charge on any atom is -0.351 e. The molecule has 0 spiro atoms. The summed E-state index contributed by atoms with van der Waals surface area (Å²) < 4.78 is 0. The fourth-order valence-corrected chi connectivity index (χ4v) is 2.53. The van der Waals surface area contributed by atoms with Crippen molar-refractivity contribution in [3.63, 3.8) is 0 Å². The molecular weight excluding hydrogens is 262 g/mol. The van der Waals surface area contributed by atoms with Crippen LogP contribution >= 0.6 is 0 Å². The maximum absolute atomic E-state index is 12.0. The second-order valence-corrected chi connectivity index (χ2v) is 6.20. The number of nitrogens with zero attached hydrogens (tertiary/aromatic N) is 1. The fraction of sp³-hybridized carbons (Fsp3) is 0.588. The first kappa shape index (κ1) is 16.0. The van der Waals surface area contributed by atoms with E-state index >= 15 is 0 Å². The Labute approximate surface area is 127 Å². The molecule has 2 N–H and O–H groups in total. The summed E-state index contributed by atoms with van der Waals surface area (Å²) >= 11 is 0. The monoisotopic (exact) mass is 289 g/mol. The lowest BCUT2D eigenvalue weighted by molar-refractivity contribution is -0.122. The standard InChI is InChI=1S/C17H27N3O/c1-13(2)20(3)12-15-7-4-6-14(10-15)11-19-17(21)16-8-5-9-18-16/h4,6-7,10,13,16,18H,5,8-9,11-12H2,1-3H3,(H,19,21)/t16-/m0/s1. The van der Waals surface area contributed by atoms with Gasteiger partial charge in [0.25, 0.3) is 0 Å². The van der Waals surface area contributed by atoms with Crippen LogP contribution in [0.3, 0.4) is 0 Å². The zero-order chi connectivity index (χ0) is 15.2. The van der Waals surface area contributed by atoms with Crippen LogP contribution in [0.1, 0.15) is 37.8 Å². The Morgan fingerprint density at radius 3 is 2.86 bits per heavy atom. The van der Waals surface area contributed by atoms with E-state index in [9.17, 15) is 4.79 Å². The molecule has 1 heterocycles. The second kappa shape index (κ2) is 7.57. The van der Waals surface area contributed by atoms with Crippen molar-refractivity contribution < 1.29 is 4.79 Å². The van der Waals surface area contributed by atoms with E-state index in [1.54, 1.807) is 0 Å². The summed E-state index contributed by atoms with van der Waals surface area (Å²) in [5, 5.41) is 6.25. The van der Waals surface area contributed by atoms with Gasteiger partial charge >= 0.3 is 0 Å². The predicted molar refractivity (Wildman–Crippen MR) is 85.9 cm³/mol. The third-order valence-electron chi connectivity index (χ3n) is 4.15. The van der Waals surface area contributed by atoms with Crippen molar-refractivity contribution in [2.75, 3.05) is 13.6 Å². The average molecular weight is 289 g/mol. The highest BCUT2D eigenvalue weighted by Gasteiger charge is 2.21. The SMILES string of the molecule is CC(C)N(C)Cc1cccc(CNC(=O)[C@@H]2CCCN2)c1. The van der Waals surface area contributed by atoms with E-state index in [4.69, 9.17) is 0 Å². The predicted octanol–water partition coefficient (Wildman–Crippen LogP) is 1.89. The molecule has 21 heavy (non-hydrogen) atoms. The first-order valence-corrected chi connectivity index (χ1v) is 7.85. The fourth-order valence-electron chi connectivity index (χ4n) is 2.53. The van der Waals surface area contributed by atoms with Gasteiger partial charge < -0.3 is 10.6 Å². The van der Waals surface area contributed by atoms with E-state index in [0.717, 1.165) is 31.5 Å². The molecule has 0 aromatic heterocycles. The summed E-state index contributed by atoms with van der Waals surface area (Å²) in [6, 6.07) is 8.99. The van der Waals surface area contributed by atoms with E-state index in [-0.39, 0.29) is 11.9 Å². The molecule has 1 aromatic rings. The molecule has 1 fully saturated rings. The van der Waals surface area contributed by atoms with Gasteiger partial charge in [-0.2, -0.15) is 0 Å². The molecule has 4 heteroatoms. The smallest absolute Gasteiger partial charge is 0.237 e. The summed E-state index contributed by atoms with van der Waals surface area (Å²) in [4.78, 5) is 14.3. The number of nitrogens with one attached hydrogen (secondary N) is 2. The second-order valence-electron chi connectivity index (χ2n) is 6.20. The number of benzene rings is 1. The lowest BCUT2D eigenvalue weighted by Gasteiger charge is -2.21.